The fourth-order valence-electron chi connectivity index (χ4n) is 2.70. The van der Waals surface area contributed by atoms with Crippen LogP contribution in [-0.4, -0.2) is 33.9 Å². The molecule has 2 aromatic heterocycles. The minimum atomic E-state index is 0.142. The van der Waals surface area contributed by atoms with Crippen molar-refractivity contribution in [3.63, 3.8) is 0 Å². The van der Waals surface area contributed by atoms with Gasteiger partial charge in [-0.3, -0.25) is 4.79 Å². The summed E-state index contributed by atoms with van der Waals surface area (Å²) < 4.78 is 4.99. The normalized spacial score (nSPS) is 15.3. The van der Waals surface area contributed by atoms with E-state index in [4.69, 9.17) is 4.42 Å². The van der Waals surface area contributed by atoms with Crippen LogP contribution in [0.25, 0.3) is 11.0 Å². The number of hydrogen-bond donors (Lipinski definition) is 1. The van der Waals surface area contributed by atoms with Gasteiger partial charge in [-0.05, 0) is 23.8 Å². The molecule has 0 spiro atoms. The third-order valence-electron chi connectivity index (χ3n) is 3.96. The van der Waals surface area contributed by atoms with Gasteiger partial charge in [-0.15, -0.1) is 0 Å². The summed E-state index contributed by atoms with van der Waals surface area (Å²) in [6.07, 6.45) is 3.62. The number of carbonyl (C=O) groups is 1. The van der Waals surface area contributed by atoms with Crippen molar-refractivity contribution < 1.29 is 9.21 Å². The van der Waals surface area contributed by atoms with Gasteiger partial charge in [-0.2, -0.15) is 0 Å². The SMILES string of the molecule is O=C(Cc1ccoc1)N1CC(c2nc3ccccc3[nH]2)C1. The first-order valence-electron chi connectivity index (χ1n) is 7.03. The molecule has 1 saturated heterocycles. The number of likely N-dealkylation sites (tertiary alicyclic amines) is 1. The molecule has 106 valence electrons. The van der Waals surface area contributed by atoms with Crippen molar-refractivity contribution in [3.05, 3.63) is 54.2 Å². The van der Waals surface area contributed by atoms with Gasteiger partial charge in [0, 0.05) is 13.1 Å². The van der Waals surface area contributed by atoms with E-state index in [1.807, 2.05) is 35.2 Å². The van der Waals surface area contributed by atoms with Gasteiger partial charge < -0.3 is 14.3 Å². The van der Waals surface area contributed by atoms with Gasteiger partial charge in [0.2, 0.25) is 5.91 Å². The Balaban J connectivity index is 1.41. The summed E-state index contributed by atoms with van der Waals surface area (Å²) >= 11 is 0. The van der Waals surface area contributed by atoms with Gasteiger partial charge in [-0.1, -0.05) is 12.1 Å². The van der Waals surface area contributed by atoms with E-state index in [1.54, 1.807) is 12.5 Å². The number of nitrogens with one attached hydrogen (secondary N) is 1. The van der Waals surface area contributed by atoms with Crippen LogP contribution in [0.4, 0.5) is 0 Å². The molecule has 1 aliphatic rings. The largest absolute Gasteiger partial charge is 0.472 e. The van der Waals surface area contributed by atoms with Gasteiger partial charge in [-0.25, -0.2) is 4.98 Å². The molecule has 0 unspecified atom stereocenters. The number of amides is 1. The maximum atomic E-state index is 12.1. The Morgan fingerprint density at radius 1 is 1.33 bits per heavy atom. The van der Waals surface area contributed by atoms with Crippen molar-refractivity contribution in [1.82, 2.24) is 14.9 Å². The third-order valence-corrected chi connectivity index (χ3v) is 3.96. The van der Waals surface area contributed by atoms with Gasteiger partial charge in [0.1, 0.15) is 5.82 Å². The van der Waals surface area contributed by atoms with E-state index >= 15 is 0 Å². The Morgan fingerprint density at radius 3 is 2.95 bits per heavy atom. The smallest absolute Gasteiger partial charge is 0.227 e. The average molecular weight is 281 g/mol. The van der Waals surface area contributed by atoms with Crippen LogP contribution in [0.3, 0.4) is 0 Å². The van der Waals surface area contributed by atoms with E-state index in [0.29, 0.717) is 12.3 Å². The lowest BCUT2D eigenvalue weighted by Crippen LogP contribution is -2.49. The number of fused-ring (bicyclic) bond motifs is 1. The predicted molar refractivity (Wildman–Crippen MR) is 77.8 cm³/mol. The van der Waals surface area contributed by atoms with Crippen LogP contribution in [0, 0.1) is 0 Å². The van der Waals surface area contributed by atoms with Crippen molar-refractivity contribution in [1.29, 1.82) is 0 Å². The lowest BCUT2D eigenvalue weighted by atomic mass is 9.98. The van der Waals surface area contributed by atoms with E-state index in [2.05, 4.69) is 9.97 Å². The Morgan fingerprint density at radius 2 is 2.19 bits per heavy atom. The van der Waals surface area contributed by atoms with Crippen molar-refractivity contribution in [3.8, 4) is 0 Å². The number of furan rings is 1. The molecule has 1 aliphatic heterocycles. The number of carbonyl (C=O) groups excluding carboxylic acids is 1. The van der Waals surface area contributed by atoms with Gasteiger partial charge in [0.25, 0.3) is 0 Å². The van der Waals surface area contributed by atoms with Gasteiger partial charge in [0.15, 0.2) is 0 Å². The average Bonchev–Trinajstić information content (AvgIpc) is 3.05. The first-order chi connectivity index (χ1) is 10.3. The quantitative estimate of drug-likeness (QED) is 0.801. The summed E-state index contributed by atoms with van der Waals surface area (Å²) in [7, 11) is 0. The molecule has 3 aromatic rings. The number of benzene rings is 1. The molecule has 0 atom stereocenters. The van der Waals surface area contributed by atoms with Gasteiger partial charge >= 0.3 is 0 Å². The number of aromatic nitrogens is 2. The Labute approximate surface area is 121 Å². The zero-order chi connectivity index (χ0) is 14.2. The van der Waals surface area contributed by atoms with E-state index in [1.165, 1.54) is 0 Å². The number of H-pyrrole nitrogens is 1. The number of nitrogens with zero attached hydrogens (tertiary/aromatic N) is 2. The lowest BCUT2D eigenvalue weighted by Gasteiger charge is -2.38. The third kappa shape index (κ3) is 2.20. The van der Waals surface area contributed by atoms with E-state index in [-0.39, 0.29) is 5.91 Å². The molecule has 1 aromatic carbocycles. The van der Waals surface area contributed by atoms with Gasteiger partial charge in [0.05, 0.1) is 35.9 Å². The minimum absolute atomic E-state index is 0.142. The van der Waals surface area contributed by atoms with E-state index in [0.717, 1.165) is 35.5 Å². The van der Waals surface area contributed by atoms with Crippen LogP contribution in [-0.2, 0) is 11.2 Å². The highest BCUT2D eigenvalue weighted by Crippen LogP contribution is 2.27. The Hall–Kier alpha value is -2.56. The van der Waals surface area contributed by atoms with Crippen molar-refractivity contribution in [2.45, 2.75) is 12.3 Å². The van der Waals surface area contributed by atoms with Crippen molar-refractivity contribution >= 4 is 16.9 Å². The Bertz CT molecular complexity index is 737. The summed E-state index contributed by atoms with van der Waals surface area (Å²) in [6, 6.07) is 9.82. The van der Waals surface area contributed by atoms with Crippen LogP contribution in [0.2, 0.25) is 0 Å². The van der Waals surface area contributed by atoms with Crippen LogP contribution < -0.4 is 0 Å². The fraction of sp³-hybridized carbons (Fsp3) is 0.250. The highest BCUT2D eigenvalue weighted by atomic mass is 16.3. The van der Waals surface area contributed by atoms with E-state index in [9.17, 15) is 4.79 Å². The molecule has 0 bridgehead atoms. The predicted octanol–water partition coefficient (Wildman–Crippen LogP) is 2.32. The molecule has 21 heavy (non-hydrogen) atoms. The zero-order valence-corrected chi connectivity index (χ0v) is 11.5. The first kappa shape index (κ1) is 12.2. The lowest BCUT2D eigenvalue weighted by molar-refractivity contribution is -0.135. The summed E-state index contributed by atoms with van der Waals surface area (Å²) in [6.45, 7) is 1.47. The number of aromatic amines is 1. The monoisotopic (exact) mass is 281 g/mol. The first-order valence-corrected chi connectivity index (χ1v) is 7.03. The Kier molecular flexibility index (Phi) is 2.77. The molecule has 3 heterocycles. The molecule has 1 amide bonds. The molecule has 4 rings (SSSR count). The summed E-state index contributed by atoms with van der Waals surface area (Å²) in [5, 5.41) is 0. The molecule has 0 radical (unpaired) electrons. The maximum Gasteiger partial charge on any atom is 0.227 e. The molecule has 1 N–H and O–H groups in total. The molecule has 5 heteroatoms. The number of imidazole rings is 1. The molecule has 5 nitrogen and oxygen atoms in total. The number of hydrogen-bond acceptors (Lipinski definition) is 3. The highest BCUT2D eigenvalue weighted by Gasteiger charge is 2.33. The molecular formula is C16H15N3O2. The summed E-state index contributed by atoms with van der Waals surface area (Å²) in [4.78, 5) is 21.9. The second-order valence-corrected chi connectivity index (χ2v) is 5.44. The summed E-state index contributed by atoms with van der Waals surface area (Å²) in [5.41, 5.74) is 2.96. The second kappa shape index (κ2) is 4.77. The molecule has 1 fully saturated rings. The van der Waals surface area contributed by atoms with E-state index < -0.39 is 0 Å². The highest BCUT2D eigenvalue weighted by molar-refractivity contribution is 5.80. The second-order valence-electron chi connectivity index (χ2n) is 5.44. The maximum absolute atomic E-state index is 12.1. The van der Waals surface area contributed by atoms with Crippen LogP contribution in [0.15, 0.2) is 47.3 Å². The minimum Gasteiger partial charge on any atom is -0.472 e. The van der Waals surface area contributed by atoms with Crippen LogP contribution >= 0.6 is 0 Å². The molecule has 0 aliphatic carbocycles. The summed E-state index contributed by atoms with van der Waals surface area (Å²) in [5.74, 6) is 1.43. The molecule has 0 saturated carbocycles. The number of rotatable bonds is 3. The molecular weight excluding hydrogens is 266 g/mol. The van der Waals surface area contributed by atoms with Crippen LogP contribution in [0.1, 0.15) is 17.3 Å². The fourth-order valence-corrected chi connectivity index (χ4v) is 2.70. The van der Waals surface area contributed by atoms with Crippen LogP contribution in [0.5, 0.6) is 0 Å². The standard InChI is InChI=1S/C16H15N3O2/c20-15(7-11-5-6-21-10-11)19-8-12(9-19)16-17-13-3-1-2-4-14(13)18-16/h1-6,10,12H,7-9H2,(H,17,18). The zero-order valence-electron chi connectivity index (χ0n) is 11.5. The number of para-hydroxylation sites is 2. The topological polar surface area (TPSA) is 62.1 Å². The van der Waals surface area contributed by atoms with Crippen molar-refractivity contribution in [2.24, 2.45) is 0 Å². The van der Waals surface area contributed by atoms with Crippen molar-refractivity contribution in [2.75, 3.05) is 13.1 Å².